The molecule has 30 heavy (non-hydrogen) atoms. The first kappa shape index (κ1) is 18.2. The SMILES string of the molecule is CN(c1nc2sc(-c3ncc(-c4cn[nH]c4)cc3O)nc2s1)C1C[C@H]2CC[C@@H](C1)N2. The van der Waals surface area contributed by atoms with E-state index in [4.69, 9.17) is 9.97 Å². The van der Waals surface area contributed by atoms with E-state index in [0.29, 0.717) is 28.8 Å². The van der Waals surface area contributed by atoms with Gasteiger partial charge in [-0.25, -0.2) is 15.0 Å². The Morgan fingerprint density at radius 3 is 2.57 bits per heavy atom. The van der Waals surface area contributed by atoms with Crippen LogP contribution in [0.4, 0.5) is 5.13 Å². The Balaban J connectivity index is 1.26. The Labute approximate surface area is 181 Å². The second kappa shape index (κ2) is 7.00. The van der Waals surface area contributed by atoms with Gasteiger partial charge in [-0.3, -0.25) is 5.10 Å². The predicted molar refractivity (Wildman–Crippen MR) is 119 cm³/mol. The van der Waals surface area contributed by atoms with E-state index in [1.807, 2.05) is 0 Å². The third kappa shape index (κ3) is 3.06. The van der Waals surface area contributed by atoms with Crippen LogP contribution in [0.3, 0.4) is 0 Å². The molecule has 4 aromatic heterocycles. The molecule has 10 heteroatoms. The van der Waals surface area contributed by atoms with Gasteiger partial charge in [0, 0.05) is 48.7 Å². The number of aromatic amines is 1. The van der Waals surface area contributed by atoms with Crippen LogP contribution in [-0.2, 0) is 0 Å². The van der Waals surface area contributed by atoms with Crippen molar-refractivity contribution in [1.82, 2.24) is 30.5 Å². The van der Waals surface area contributed by atoms with Gasteiger partial charge in [0.1, 0.15) is 16.5 Å². The number of rotatable bonds is 4. The molecular weight excluding hydrogens is 418 g/mol. The number of hydrogen-bond acceptors (Lipinski definition) is 9. The third-order valence-electron chi connectivity index (χ3n) is 6.16. The summed E-state index contributed by atoms with van der Waals surface area (Å²) in [5.41, 5.74) is 2.17. The maximum Gasteiger partial charge on any atom is 0.188 e. The molecule has 0 aliphatic carbocycles. The molecule has 0 saturated carbocycles. The molecule has 2 saturated heterocycles. The van der Waals surface area contributed by atoms with E-state index in [9.17, 15) is 5.11 Å². The highest BCUT2D eigenvalue weighted by Gasteiger charge is 2.36. The smallest absolute Gasteiger partial charge is 0.188 e. The number of nitrogens with one attached hydrogen (secondary N) is 2. The summed E-state index contributed by atoms with van der Waals surface area (Å²) >= 11 is 3.09. The van der Waals surface area contributed by atoms with Crippen LogP contribution >= 0.6 is 22.7 Å². The minimum atomic E-state index is 0.109. The van der Waals surface area contributed by atoms with Gasteiger partial charge in [0.15, 0.2) is 14.8 Å². The van der Waals surface area contributed by atoms with Gasteiger partial charge in [-0.1, -0.05) is 22.7 Å². The van der Waals surface area contributed by atoms with Gasteiger partial charge in [-0.15, -0.1) is 0 Å². The minimum Gasteiger partial charge on any atom is -0.506 e. The fraction of sp³-hybridized carbons (Fsp3) is 0.400. The summed E-state index contributed by atoms with van der Waals surface area (Å²) in [6, 6.07) is 3.53. The molecule has 3 atom stereocenters. The van der Waals surface area contributed by atoms with Gasteiger partial charge in [0.25, 0.3) is 0 Å². The average Bonchev–Trinajstić information content (AvgIpc) is 3.51. The van der Waals surface area contributed by atoms with Crippen molar-refractivity contribution in [3.05, 3.63) is 24.7 Å². The van der Waals surface area contributed by atoms with E-state index in [0.717, 1.165) is 25.9 Å². The third-order valence-corrected chi connectivity index (χ3v) is 8.29. The molecule has 1 unspecified atom stereocenters. The van der Waals surface area contributed by atoms with Crippen molar-refractivity contribution in [2.45, 2.75) is 43.8 Å². The summed E-state index contributed by atoms with van der Waals surface area (Å²) < 4.78 is 0. The van der Waals surface area contributed by atoms with Crippen molar-refractivity contribution in [2.24, 2.45) is 0 Å². The molecule has 4 aromatic rings. The number of thiazole rings is 2. The molecule has 2 bridgehead atoms. The van der Waals surface area contributed by atoms with Crippen LogP contribution in [0.25, 0.3) is 31.5 Å². The van der Waals surface area contributed by atoms with Crippen molar-refractivity contribution in [3.63, 3.8) is 0 Å². The zero-order valence-electron chi connectivity index (χ0n) is 16.4. The van der Waals surface area contributed by atoms with Gasteiger partial charge >= 0.3 is 0 Å². The van der Waals surface area contributed by atoms with Crippen LogP contribution in [0.1, 0.15) is 25.7 Å². The van der Waals surface area contributed by atoms with Gasteiger partial charge in [-0.05, 0) is 31.7 Å². The lowest BCUT2D eigenvalue weighted by molar-refractivity contribution is 0.354. The van der Waals surface area contributed by atoms with Gasteiger partial charge in [-0.2, -0.15) is 5.10 Å². The van der Waals surface area contributed by atoms with Crippen molar-refractivity contribution in [2.75, 3.05) is 11.9 Å². The lowest BCUT2D eigenvalue weighted by Gasteiger charge is -2.35. The molecule has 0 radical (unpaired) electrons. The summed E-state index contributed by atoms with van der Waals surface area (Å²) in [7, 11) is 2.15. The largest absolute Gasteiger partial charge is 0.506 e. The first-order chi connectivity index (χ1) is 14.6. The van der Waals surface area contributed by atoms with E-state index in [1.165, 1.54) is 37.0 Å². The molecule has 6 heterocycles. The fourth-order valence-corrected chi connectivity index (χ4v) is 6.65. The van der Waals surface area contributed by atoms with E-state index in [1.54, 1.807) is 36.0 Å². The molecule has 0 aromatic carbocycles. The molecule has 2 aliphatic heterocycles. The molecule has 154 valence electrons. The molecule has 0 spiro atoms. The zero-order chi connectivity index (χ0) is 20.2. The maximum atomic E-state index is 10.5. The number of aromatic nitrogens is 5. The highest BCUT2D eigenvalue weighted by molar-refractivity contribution is 7.29. The van der Waals surface area contributed by atoms with Crippen molar-refractivity contribution in [1.29, 1.82) is 0 Å². The highest BCUT2D eigenvalue weighted by Crippen LogP contribution is 2.40. The average molecular weight is 440 g/mol. The Hall–Kier alpha value is -2.56. The van der Waals surface area contributed by atoms with Crippen molar-refractivity contribution in [3.8, 4) is 27.6 Å². The summed E-state index contributed by atoms with van der Waals surface area (Å²) in [5.74, 6) is 0.109. The number of nitrogens with zero attached hydrogens (tertiary/aromatic N) is 5. The van der Waals surface area contributed by atoms with Crippen LogP contribution in [0.15, 0.2) is 24.7 Å². The number of piperidine rings is 1. The number of H-pyrrole nitrogens is 1. The summed E-state index contributed by atoms with van der Waals surface area (Å²) in [4.78, 5) is 18.1. The lowest BCUT2D eigenvalue weighted by atomic mass is 9.99. The second-order valence-corrected chi connectivity index (χ2v) is 10.0. The van der Waals surface area contributed by atoms with Crippen LogP contribution in [0, 0.1) is 0 Å². The number of anilines is 1. The Bertz CT molecular complexity index is 1160. The van der Waals surface area contributed by atoms with E-state index < -0.39 is 0 Å². The quantitative estimate of drug-likeness (QED) is 0.446. The maximum absolute atomic E-state index is 10.5. The van der Waals surface area contributed by atoms with Crippen LogP contribution in [0.2, 0.25) is 0 Å². The van der Waals surface area contributed by atoms with Gasteiger partial charge in [0.05, 0.1) is 6.20 Å². The second-order valence-electron chi connectivity index (χ2n) is 8.08. The molecule has 8 nitrogen and oxygen atoms in total. The summed E-state index contributed by atoms with van der Waals surface area (Å²) in [6.45, 7) is 0. The number of aromatic hydroxyl groups is 1. The van der Waals surface area contributed by atoms with E-state index >= 15 is 0 Å². The first-order valence-corrected chi connectivity index (χ1v) is 11.7. The van der Waals surface area contributed by atoms with Gasteiger partial charge < -0.3 is 15.3 Å². The Morgan fingerprint density at radius 1 is 1.07 bits per heavy atom. The van der Waals surface area contributed by atoms with Crippen molar-refractivity contribution < 1.29 is 5.11 Å². The van der Waals surface area contributed by atoms with Crippen LogP contribution in [0.5, 0.6) is 5.75 Å². The molecule has 3 N–H and O–H groups in total. The van der Waals surface area contributed by atoms with E-state index in [-0.39, 0.29) is 5.75 Å². The molecule has 2 fully saturated rings. The van der Waals surface area contributed by atoms with Crippen LogP contribution in [-0.4, -0.2) is 55.4 Å². The van der Waals surface area contributed by atoms with Gasteiger partial charge in [0.2, 0.25) is 0 Å². The number of pyridine rings is 1. The summed E-state index contributed by atoms with van der Waals surface area (Å²) in [5, 5.41) is 22.6. The normalized spacial score (nSPS) is 23.3. The standard InChI is InChI=1S/C20H21N7OS2/c1-27(14-5-12-2-3-13(6-14)24-12)20-26-19-18(30-20)25-17(29-19)16-15(28)4-10(7-21-16)11-8-22-23-9-11/h4,7-9,12-14,24,28H,2-3,5-6H2,1H3,(H,22,23)/t12-,13+,14?. The minimum absolute atomic E-state index is 0.109. The predicted octanol–water partition coefficient (Wildman–Crippen LogP) is 3.63. The number of fused-ring (bicyclic) bond motifs is 3. The van der Waals surface area contributed by atoms with E-state index in [2.05, 4.69) is 32.4 Å². The lowest BCUT2D eigenvalue weighted by Crippen LogP contribution is -2.47. The van der Waals surface area contributed by atoms with Crippen molar-refractivity contribution >= 4 is 37.5 Å². The molecule has 0 amide bonds. The Morgan fingerprint density at radius 2 is 1.87 bits per heavy atom. The van der Waals surface area contributed by atoms with Crippen LogP contribution < -0.4 is 10.2 Å². The monoisotopic (exact) mass is 439 g/mol. The number of hydrogen-bond donors (Lipinski definition) is 3. The highest BCUT2D eigenvalue weighted by atomic mass is 32.1. The molecule has 6 rings (SSSR count). The first-order valence-electron chi connectivity index (χ1n) is 10.1. The molecule has 2 aliphatic rings. The topological polar surface area (TPSA) is 103 Å². The Kier molecular flexibility index (Phi) is 4.25. The summed E-state index contributed by atoms with van der Waals surface area (Å²) in [6.07, 6.45) is 10.1. The fourth-order valence-electron chi connectivity index (χ4n) is 4.57. The zero-order valence-corrected chi connectivity index (χ0v) is 18.0. The molecular formula is C20H21N7OS2.